The van der Waals surface area contributed by atoms with Crippen molar-refractivity contribution in [2.75, 3.05) is 11.9 Å². The van der Waals surface area contributed by atoms with Crippen LogP contribution in [0.3, 0.4) is 0 Å². The Hall–Kier alpha value is -3.61. The fourth-order valence-corrected chi connectivity index (χ4v) is 3.09. The Kier molecular flexibility index (Phi) is 6.51. The summed E-state index contributed by atoms with van der Waals surface area (Å²) in [7, 11) is 0. The summed E-state index contributed by atoms with van der Waals surface area (Å²) in [6, 6.07) is 14.5. The van der Waals surface area contributed by atoms with Crippen molar-refractivity contribution in [3.05, 3.63) is 87.2 Å². The number of amides is 1. The second kappa shape index (κ2) is 9.26. The normalized spacial score (nSPS) is 10.8. The van der Waals surface area contributed by atoms with Gasteiger partial charge in [0.15, 0.2) is 0 Å². The topological polar surface area (TPSA) is 82.3 Å². The molecule has 0 unspecified atom stereocenters. The summed E-state index contributed by atoms with van der Waals surface area (Å²) in [6.45, 7) is 6.15. The summed E-state index contributed by atoms with van der Waals surface area (Å²) in [5.74, 6) is 0.448. The molecule has 156 valence electrons. The zero-order chi connectivity index (χ0) is 21.7. The van der Waals surface area contributed by atoms with Gasteiger partial charge in [0.05, 0.1) is 12.3 Å². The van der Waals surface area contributed by atoms with Gasteiger partial charge in [-0.3, -0.25) is 23.5 Å². The molecule has 0 radical (unpaired) electrons. The largest absolute Gasteiger partial charge is 0.492 e. The summed E-state index contributed by atoms with van der Waals surface area (Å²) in [5, 5.41) is 2.78. The molecule has 7 heteroatoms. The van der Waals surface area contributed by atoms with E-state index in [2.05, 4.69) is 19.2 Å². The monoisotopic (exact) mass is 407 g/mol. The summed E-state index contributed by atoms with van der Waals surface area (Å²) in [4.78, 5) is 37.6. The summed E-state index contributed by atoms with van der Waals surface area (Å²) in [6.07, 6.45) is 2.89. The standard InChI is InChI=1S/C23H25N3O4/c1-4-30-20-11-6-5-10-19(20)26-13-12-25(22(28)23(26)29)15-21(27)24-18-9-7-8-17(14-18)16(2)3/h5-14,16H,4,15H2,1-3H3,(H,24,27). The van der Waals surface area contributed by atoms with Crippen LogP contribution in [0.4, 0.5) is 5.69 Å². The van der Waals surface area contributed by atoms with E-state index in [4.69, 9.17) is 4.74 Å². The first kappa shape index (κ1) is 21.1. The number of hydrogen-bond acceptors (Lipinski definition) is 4. The Morgan fingerprint density at radius 1 is 1.03 bits per heavy atom. The van der Waals surface area contributed by atoms with E-state index < -0.39 is 11.1 Å². The maximum absolute atomic E-state index is 12.6. The minimum Gasteiger partial charge on any atom is -0.492 e. The van der Waals surface area contributed by atoms with E-state index in [0.717, 1.165) is 10.1 Å². The molecular formula is C23H25N3O4. The fraction of sp³-hybridized carbons (Fsp3) is 0.261. The van der Waals surface area contributed by atoms with Crippen molar-refractivity contribution in [2.45, 2.75) is 33.2 Å². The molecule has 3 aromatic rings. The van der Waals surface area contributed by atoms with Crippen molar-refractivity contribution in [2.24, 2.45) is 0 Å². The molecule has 0 aliphatic heterocycles. The third kappa shape index (κ3) is 4.68. The number of para-hydroxylation sites is 2. The van der Waals surface area contributed by atoms with Crippen LogP contribution in [0.5, 0.6) is 5.75 Å². The van der Waals surface area contributed by atoms with Gasteiger partial charge < -0.3 is 10.1 Å². The molecule has 0 saturated carbocycles. The number of anilines is 1. The number of nitrogens with one attached hydrogen (secondary N) is 1. The highest BCUT2D eigenvalue weighted by atomic mass is 16.5. The lowest BCUT2D eigenvalue weighted by Gasteiger charge is -2.13. The number of carbonyl (C=O) groups is 1. The number of carbonyl (C=O) groups excluding carboxylic acids is 1. The van der Waals surface area contributed by atoms with Gasteiger partial charge in [0, 0.05) is 18.1 Å². The van der Waals surface area contributed by atoms with Crippen LogP contribution in [-0.2, 0) is 11.3 Å². The third-order valence-electron chi connectivity index (χ3n) is 4.63. The lowest BCUT2D eigenvalue weighted by molar-refractivity contribution is -0.116. The van der Waals surface area contributed by atoms with Crippen molar-refractivity contribution in [3.8, 4) is 11.4 Å². The Morgan fingerprint density at radius 2 is 1.80 bits per heavy atom. The van der Waals surface area contributed by atoms with E-state index in [1.807, 2.05) is 25.1 Å². The maximum atomic E-state index is 12.6. The summed E-state index contributed by atoms with van der Waals surface area (Å²) in [5.41, 5.74) is 0.691. The highest BCUT2D eigenvalue weighted by molar-refractivity contribution is 5.90. The number of ether oxygens (including phenoxy) is 1. The predicted octanol–water partition coefficient (Wildman–Crippen LogP) is 3.16. The molecule has 1 amide bonds. The van der Waals surface area contributed by atoms with Crippen LogP contribution in [0.25, 0.3) is 5.69 Å². The summed E-state index contributed by atoms with van der Waals surface area (Å²) < 4.78 is 7.87. The zero-order valence-electron chi connectivity index (χ0n) is 17.3. The van der Waals surface area contributed by atoms with E-state index in [9.17, 15) is 14.4 Å². The number of nitrogens with zero attached hydrogens (tertiary/aromatic N) is 2. The molecule has 1 aromatic heterocycles. The van der Waals surface area contributed by atoms with Crippen LogP contribution in [0, 0.1) is 0 Å². The third-order valence-corrected chi connectivity index (χ3v) is 4.63. The molecule has 30 heavy (non-hydrogen) atoms. The van der Waals surface area contributed by atoms with Crippen LogP contribution in [0.15, 0.2) is 70.5 Å². The molecule has 1 N–H and O–H groups in total. The lowest BCUT2D eigenvalue weighted by Crippen LogP contribution is -2.41. The average Bonchev–Trinajstić information content (AvgIpc) is 2.73. The molecule has 0 atom stereocenters. The first-order chi connectivity index (χ1) is 14.4. The molecule has 0 fully saturated rings. The van der Waals surface area contributed by atoms with Crippen LogP contribution >= 0.6 is 0 Å². The second-order valence-electron chi connectivity index (χ2n) is 7.14. The van der Waals surface area contributed by atoms with E-state index >= 15 is 0 Å². The Bertz CT molecular complexity index is 1160. The van der Waals surface area contributed by atoms with E-state index in [0.29, 0.717) is 29.6 Å². The first-order valence-electron chi connectivity index (χ1n) is 9.84. The highest BCUT2D eigenvalue weighted by Gasteiger charge is 2.13. The van der Waals surface area contributed by atoms with Gasteiger partial charge >= 0.3 is 11.1 Å². The van der Waals surface area contributed by atoms with Crippen molar-refractivity contribution < 1.29 is 9.53 Å². The van der Waals surface area contributed by atoms with Gasteiger partial charge in [-0.15, -0.1) is 0 Å². The van der Waals surface area contributed by atoms with Crippen LogP contribution in [0.2, 0.25) is 0 Å². The molecule has 0 saturated heterocycles. The molecule has 0 aliphatic rings. The molecule has 7 nitrogen and oxygen atoms in total. The number of aromatic nitrogens is 2. The molecule has 2 aromatic carbocycles. The average molecular weight is 407 g/mol. The molecule has 3 rings (SSSR count). The highest BCUT2D eigenvalue weighted by Crippen LogP contribution is 2.21. The number of hydrogen-bond donors (Lipinski definition) is 1. The number of benzene rings is 2. The number of rotatable bonds is 7. The molecule has 0 aliphatic carbocycles. The van der Waals surface area contributed by atoms with Crippen molar-refractivity contribution in [3.63, 3.8) is 0 Å². The minimum absolute atomic E-state index is 0.256. The Morgan fingerprint density at radius 3 is 2.53 bits per heavy atom. The smallest absolute Gasteiger partial charge is 0.321 e. The quantitative estimate of drug-likeness (QED) is 0.610. The van der Waals surface area contributed by atoms with Gasteiger partial charge in [-0.1, -0.05) is 38.1 Å². The molecule has 0 bridgehead atoms. The van der Waals surface area contributed by atoms with Gasteiger partial charge in [-0.2, -0.15) is 0 Å². The maximum Gasteiger partial charge on any atom is 0.321 e. The van der Waals surface area contributed by atoms with Crippen molar-refractivity contribution >= 4 is 11.6 Å². The Labute approximate surface area is 174 Å². The van der Waals surface area contributed by atoms with Gasteiger partial charge in [0.1, 0.15) is 12.3 Å². The van der Waals surface area contributed by atoms with Crippen LogP contribution < -0.4 is 21.2 Å². The molecular weight excluding hydrogens is 382 g/mol. The van der Waals surface area contributed by atoms with E-state index in [1.54, 1.807) is 30.3 Å². The van der Waals surface area contributed by atoms with Crippen molar-refractivity contribution in [1.29, 1.82) is 0 Å². The lowest BCUT2D eigenvalue weighted by atomic mass is 10.0. The first-order valence-corrected chi connectivity index (χ1v) is 9.84. The van der Waals surface area contributed by atoms with Gasteiger partial charge in [0.25, 0.3) is 0 Å². The Balaban J connectivity index is 1.83. The zero-order valence-corrected chi connectivity index (χ0v) is 17.3. The second-order valence-corrected chi connectivity index (χ2v) is 7.14. The molecule has 1 heterocycles. The van der Waals surface area contributed by atoms with Crippen molar-refractivity contribution in [1.82, 2.24) is 9.13 Å². The SMILES string of the molecule is CCOc1ccccc1-n1ccn(CC(=O)Nc2cccc(C(C)C)c2)c(=O)c1=O. The summed E-state index contributed by atoms with van der Waals surface area (Å²) >= 11 is 0. The van der Waals surface area contributed by atoms with E-state index in [-0.39, 0.29) is 12.5 Å². The van der Waals surface area contributed by atoms with Gasteiger partial charge in [-0.25, -0.2) is 0 Å². The minimum atomic E-state index is -0.783. The van der Waals surface area contributed by atoms with Gasteiger partial charge in [0.2, 0.25) is 5.91 Å². The van der Waals surface area contributed by atoms with Gasteiger partial charge in [-0.05, 0) is 42.7 Å². The fourth-order valence-electron chi connectivity index (χ4n) is 3.09. The van der Waals surface area contributed by atoms with E-state index in [1.165, 1.54) is 17.0 Å². The predicted molar refractivity (Wildman–Crippen MR) is 117 cm³/mol. The van der Waals surface area contributed by atoms with Crippen LogP contribution in [-0.4, -0.2) is 21.6 Å². The van der Waals surface area contributed by atoms with Crippen LogP contribution in [0.1, 0.15) is 32.3 Å². The molecule has 0 spiro atoms.